The van der Waals surface area contributed by atoms with E-state index in [1.165, 1.54) is 0 Å². The molecule has 3 amide bonds. The minimum Gasteiger partial charge on any atom is -0.489 e. The predicted octanol–water partition coefficient (Wildman–Crippen LogP) is 1.93. The first-order chi connectivity index (χ1) is 15.6. The lowest BCUT2D eigenvalue weighted by Gasteiger charge is -2.29. The molecule has 3 atom stereocenters. The maximum absolute atomic E-state index is 12.9. The van der Waals surface area contributed by atoms with Crippen LogP contribution < -0.4 is 15.4 Å². The topological polar surface area (TPSA) is 101 Å². The van der Waals surface area contributed by atoms with E-state index in [-0.39, 0.29) is 30.4 Å². The molecule has 8 heteroatoms. The lowest BCUT2D eigenvalue weighted by atomic mass is 10.0. The average Bonchev–Trinajstić information content (AvgIpc) is 3.37. The second kappa shape index (κ2) is 8.70. The molecule has 2 fully saturated rings. The van der Waals surface area contributed by atoms with Crippen molar-refractivity contribution in [2.75, 3.05) is 0 Å². The highest BCUT2D eigenvalue weighted by molar-refractivity contribution is 6.05. The Morgan fingerprint density at radius 3 is 2.84 bits per heavy atom. The van der Waals surface area contributed by atoms with Crippen LogP contribution in [0.25, 0.3) is 0 Å². The largest absolute Gasteiger partial charge is 0.489 e. The molecule has 1 saturated heterocycles. The van der Waals surface area contributed by atoms with Gasteiger partial charge in [-0.1, -0.05) is 6.07 Å². The van der Waals surface area contributed by atoms with Gasteiger partial charge in [-0.25, -0.2) is 0 Å². The summed E-state index contributed by atoms with van der Waals surface area (Å²) in [4.78, 5) is 42.4. The highest BCUT2D eigenvalue weighted by Crippen LogP contribution is 2.32. The molecule has 32 heavy (non-hydrogen) atoms. The molecule has 166 valence electrons. The number of imide groups is 1. The van der Waals surface area contributed by atoms with Crippen molar-refractivity contribution >= 4 is 17.7 Å². The van der Waals surface area contributed by atoms with E-state index in [0.29, 0.717) is 25.1 Å². The summed E-state index contributed by atoms with van der Waals surface area (Å²) in [5.41, 5.74) is 2.45. The Morgan fingerprint density at radius 2 is 2.03 bits per heavy atom. The Hall–Kier alpha value is -3.26. The van der Waals surface area contributed by atoms with Gasteiger partial charge in [0.2, 0.25) is 11.8 Å². The summed E-state index contributed by atoms with van der Waals surface area (Å²) in [5, 5.41) is 5.90. The van der Waals surface area contributed by atoms with Gasteiger partial charge in [0.15, 0.2) is 0 Å². The van der Waals surface area contributed by atoms with Gasteiger partial charge in [0.25, 0.3) is 5.91 Å². The number of carbonyl (C=O) groups excluding carboxylic acids is 3. The van der Waals surface area contributed by atoms with Gasteiger partial charge in [0.05, 0.1) is 5.69 Å². The SMILES string of the molecule is O=C1CCC(N2Cc3cc(O[C@@H]4CCC[C@@H]4NCc4ccccn4)ccc3C2=O)C(=O)N1. The summed E-state index contributed by atoms with van der Waals surface area (Å²) in [6, 6.07) is 11.1. The molecule has 0 spiro atoms. The Kier molecular flexibility index (Phi) is 5.61. The van der Waals surface area contributed by atoms with Crippen molar-refractivity contribution in [3.8, 4) is 5.75 Å². The monoisotopic (exact) mass is 434 g/mol. The second-order valence-electron chi connectivity index (χ2n) is 8.61. The summed E-state index contributed by atoms with van der Waals surface area (Å²) in [6.45, 7) is 1.05. The molecule has 1 unspecified atom stereocenters. The van der Waals surface area contributed by atoms with Gasteiger partial charge in [-0.2, -0.15) is 0 Å². The number of nitrogens with one attached hydrogen (secondary N) is 2. The molecule has 2 aromatic rings. The molecule has 2 N–H and O–H groups in total. The van der Waals surface area contributed by atoms with Crippen LogP contribution in [0.3, 0.4) is 0 Å². The normalized spacial score (nSPS) is 25.1. The summed E-state index contributed by atoms with van der Waals surface area (Å²) in [7, 11) is 0. The van der Waals surface area contributed by atoms with Crippen LogP contribution in [-0.4, -0.2) is 45.8 Å². The molecule has 3 aliphatic rings. The molecule has 3 heterocycles. The molecule has 8 nitrogen and oxygen atoms in total. The first kappa shape index (κ1) is 20.6. The summed E-state index contributed by atoms with van der Waals surface area (Å²) in [6.07, 6.45) is 5.57. The Balaban J connectivity index is 1.24. The van der Waals surface area contributed by atoms with E-state index in [4.69, 9.17) is 4.74 Å². The maximum atomic E-state index is 12.9. The number of piperidine rings is 1. The van der Waals surface area contributed by atoms with Crippen molar-refractivity contribution in [3.05, 3.63) is 59.4 Å². The van der Waals surface area contributed by atoms with Crippen LogP contribution in [-0.2, 0) is 22.7 Å². The Bertz CT molecular complexity index is 1040. The van der Waals surface area contributed by atoms with Crippen LogP contribution >= 0.6 is 0 Å². The Labute approximate surface area is 186 Å². The van der Waals surface area contributed by atoms with E-state index < -0.39 is 11.9 Å². The molecule has 2 aliphatic heterocycles. The number of fused-ring (bicyclic) bond motifs is 1. The third kappa shape index (κ3) is 4.10. The van der Waals surface area contributed by atoms with Crippen LogP contribution in [0, 0.1) is 0 Å². The number of hydrogen-bond donors (Lipinski definition) is 2. The van der Waals surface area contributed by atoms with E-state index in [0.717, 1.165) is 36.3 Å². The smallest absolute Gasteiger partial charge is 0.255 e. The standard InChI is InChI=1S/C24H26N4O4/c29-22-10-9-20(23(30)27-22)28-14-15-12-17(7-8-18(15)24(28)31)32-21-6-3-5-19(21)26-13-16-4-1-2-11-25-16/h1-2,4,7-8,11-12,19-21,26H,3,5-6,9-10,13-14H2,(H,27,29,30)/t19-,20?,21+/m0/s1. The molecule has 1 aliphatic carbocycles. The maximum Gasteiger partial charge on any atom is 0.255 e. The first-order valence-corrected chi connectivity index (χ1v) is 11.2. The van der Waals surface area contributed by atoms with Gasteiger partial charge in [-0.05, 0) is 61.6 Å². The minimum absolute atomic E-state index is 0.0557. The quantitative estimate of drug-likeness (QED) is 0.674. The zero-order valence-electron chi connectivity index (χ0n) is 17.8. The fraction of sp³-hybridized carbons (Fsp3) is 0.417. The summed E-state index contributed by atoms with van der Waals surface area (Å²) >= 11 is 0. The number of amides is 3. The highest BCUT2D eigenvalue weighted by Gasteiger charge is 2.39. The van der Waals surface area contributed by atoms with E-state index in [9.17, 15) is 14.4 Å². The van der Waals surface area contributed by atoms with Gasteiger partial charge in [-0.15, -0.1) is 0 Å². The number of hydrogen-bond acceptors (Lipinski definition) is 6. The van der Waals surface area contributed by atoms with E-state index >= 15 is 0 Å². The van der Waals surface area contributed by atoms with E-state index in [1.807, 2.05) is 30.3 Å². The van der Waals surface area contributed by atoms with Crippen molar-refractivity contribution in [1.29, 1.82) is 0 Å². The predicted molar refractivity (Wildman–Crippen MR) is 116 cm³/mol. The third-order valence-electron chi connectivity index (χ3n) is 6.51. The highest BCUT2D eigenvalue weighted by atomic mass is 16.5. The van der Waals surface area contributed by atoms with Crippen molar-refractivity contribution in [3.63, 3.8) is 0 Å². The molecule has 1 aromatic heterocycles. The van der Waals surface area contributed by atoms with Gasteiger partial charge < -0.3 is 15.0 Å². The third-order valence-corrected chi connectivity index (χ3v) is 6.51. The lowest BCUT2D eigenvalue weighted by molar-refractivity contribution is -0.136. The molecule has 0 radical (unpaired) electrons. The number of rotatable bonds is 6. The summed E-state index contributed by atoms with van der Waals surface area (Å²) < 4.78 is 6.32. The van der Waals surface area contributed by atoms with Crippen LogP contribution in [0.1, 0.15) is 53.7 Å². The number of pyridine rings is 1. The molecular formula is C24H26N4O4. The Morgan fingerprint density at radius 1 is 1.12 bits per heavy atom. The summed E-state index contributed by atoms with van der Waals surface area (Å²) in [5.74, 6) is -0.115. The van der Waals surface area contributed by atoms with Crippen molar-refractivity contribution in [2.45, 2.75) is 63.4 Å². The number of aromatic nitrogens is 1. The molecule has 1 saturated carbocycles. The van der Waals surface area contributed by atoms with Crippen molar-refractivity contribution < 1.29 is 19.1 Å². The number of carbonyl (C=O) groups is 3. The van der Waals surface area contributed by atoms with E-state index in [1.54, 1.807) is 17.2 Å². The van der Waals surface area contributed by atoms with Crippen LogP contribution in [0.15, 0.2) is 42.6 Å². The lowest BCUT2D eigenvalue weighted by Crippen LogP contribution is -2.52. The zero-order valence-corrected chi connectivity index (χ0v) is 17.8. The number of nitrogens with zero attached hydrogens (tertiary/aromatic N) is 2. The van der Waals surface area contributed by atoms with Gasteiger partial charge in [0, 0.05) is 37.3 Å². The van der Waals surface area contributed by atoms with Crippen molar-refractivity contribution in [2.24, 2.45) is 0 Å². The molecule has 0 bridgehead atoms. The second-order valence-corrected chi connectivity index (χ2v) is 8.61. The van der Waals surface area contributed by atoms with Crippen LogP contribution in [0.4, 0.5) is 0 Å². The van der Waals surface area contributed by atoms with Crippen molar-refractivity contribution in [1.82, 2.24) is 20.5 Å². The number of ether oxygens (including phenoxy) is 1. The van der Waals surface area contributed by atoms with E-state index in [2.05, 4.69) is 15.6 Å². The average molecular weight is 434 g/mol. The zero-order chi connectivity index (χ0) is 22.1. The number of benzene rings is 1. The first-order valence-electron chi connectivity index (χ1n) is 11.2. The minimum atomic E-state index is -0.605. The van der Waals surface area contributed by atoms with Gasteiger partial charge >= 0.3 is 0 Å². The molecule has 1 aromatic carbocycles. The molecular weight excluding hydrogens is 408 g/mol. The van der Waals surface area contributed by atoms with Crippen LogP contribution in [0.2, 0.25) is 0 Å². The van der Waals surface area contributed by atoms with Gasteiger partial charge in [-0.3, -0.25) is 24.7 Å². The van der Waals surface area contributed by atoms with Gasteiger partial charge in [0.1, 0.15) is 17.9 Å². The fourth-order valence-electron chi connectivity index (χ4n) is 4.84. The van der Waals surface area contributed by atoms with Crippen LogP contribution in [0.5, 0.6) is 5.75 Å². The fourth-order valence-corrected chi connectivity index (χ4v) is 4.84. The molecule has 5 rings (SSSR count).